The van der Waals surface area contributed by atoms with Gasteiger partial charge in [0.15, 0.2) is 5.78 Å². The number of nitrogens with one attached hydrogen (secondary N) is 1. The largest absolute Gasteiger partial charge is 0.492 e. The number of fused-ring (bicyclic) bond motifs is 1. The molecular formula is C15H19NO3. The van der Waals surface area contributed by atoms with Gasteiger partial charge in [-0.25, -0.2) is 0 Å². The zero-order valence-corrected chi connectivity index (χ0v) is 11.4. The third-order valence-corrected chi connectivity index (χ3v) is 3.26. The summed E-state index contributed by atoms with van der Waals surface area (Å²) in [6, 6.07) is 5.05. The van der Waals surface area contributed by atoms with E-state index in [-0.39, 0.29) is 11.7 Å². The van der Waals surface area contributed by atoms with Crippen LogP contribution in [0.2, 0.25) is 0 Å². The summed E-state index contributed by atoms with van der Waals surface area (Å²) in [4.78, 5) is 24.1. The van der Waals surface area contributed by atoms with Gasteiger partial charge in [-0.15, -0.1) is 0 Å². The second-order valence-electron chi connectivity index (χ2n) is 4.82. The van der Waals surface area contributed by atoms with Crippen LogP contribution in [-0.4, -0.2) is 24.3 Å². The van der Waals surface area contributed by atoms with Crippen molar-refractivity contribution < 1.29 is 14.3 Å². The van der Waals surface area contributed by atoms with Crippen LogP contribution in [0.1, 0.15) is 42.1 Å². The number of ketones is 1. The van der Waals surface area contributed by atoms with Crippen LogP contribution in [-0.2, 0) is 4.79 Å². The van der Waals surface area contributed by atoms with Gasteiger partial charge in [-0.1, -0.05) is 19.1 Å². The molecule has 2 rings (SSSR count). The van der Waals surface area contributed by atoms with Crippen molar-refractivity contribution in [2.24, 2.45) is 0 Å². The average Bonchev–Trinajstić information content (AvgIpc) is 2.53. The SMILES string of the molecule is CCCC(=O)NC1CCOc2c(C)cccc2C1=O. The Hall–Kier alpha value is -1.84. The first-order chi connectivity index (χ1) is 9.13. The van der Waals surface area contributed by atoms with E-state index in [0.717, 1.165) is 12.0 Å². The molecular weight excluding hydrogens is 242 g/mol. The zero-order valence-electron chi connectivity index (χ0n) is 11.4. The highest BCUT2D eigenvalue weighted by Gasteiger charge is 2.28. The van der Waals surface area contributed by atoms with E-state index in [1.54, 1.807) is 6.07 Å². The standard InChI is InChI=1S/C15H19NO3/c1-3-5-13(17)16-12-8-9-19-15-10(2)6-4-7-11(15)14(12)18/h4,6-7,12H,3,5,8-9H2,1-2H3,(H,16,17). The van der Waals surface area contributed by atoms with E-state index < -0.39 is 6.04 Å². The topological polar surface area (TPSA) is 55.4 Å². The van der Waals surface area contributed by atoms with Gasteiger partial charge < -0.3 is 10.1 Å². The molecule has 4 nitrogen and oxygen atoms in total. The molecule has 0 aliphatic carbocycles. The van der Waals surface area contributed by atoms with Crippen LogP contribution in [0.5, 0.6) is 5.75 Å². The Kier molecular flexibility index (Phi) is 4.20. The molecule has 1 aliphatic rings. The fourth-order valence-electron chi connectivity index (χ4n) is 2.27. The Bertz CT molecular complexity index is 496. The van der Waals surface area contributed by atoms with Gasteiger partial charge in [0, 0.05) is 12.8 Å². The van der Waals surface area contributed by atoms with Crippen LogP contribution in [0.3, 0.4) is 0 Å². The molecule has 0 fully saturated rings. The molecule has 1 unspecified atom stereocenters. The normalized spacial score (nSPS) is 18.2. The molecule has 0 bridgehead atoms. The number of ether oxygens (including phenoxy) is 1. The Labute approximate surface area is 113 Å². The minimum Gasteiger partial charge on any atom is -0.492 e. The molecule has 1 heterocycles. The Morgan fingerprint density at radius 2 is 2.26 bits per heavy atom. The van der Waals surface area contributed by atoms with E-state index in [2.05, 4.69) is 5.32 Å². The Morgan fingerprint density at radius 3 is 3.00 bits per heavy atom. The summed E-state index contributed by atoms with van der Waals surface area (Å²) < 4.78 is 5.65. The molecule has 1 amide bonds. The molecule has 0 saturated heterocycles. The summed E-state index contributed by atoms with van der Waals surface area (Å²) in [5, 5.41) is 2.80. The van der Waals surface area contributed by atoms with Crippen molar-refractivity contribution in [3.05, 3.63) is 29.3 Å². The summed E-state index contributed by atoms with van der Waals surface area (Å²) in [6.07, 6.45) is 1.74. The minimum absolute atomic E-state index is 0.0550. The van der Waals surface area contributed by atoms with E-state index in [9.17, 15) is 9.59 Å². The predicted molar refractivity (Wildman–Crippen MR) is 72.5 cm³/mol. The van der Waals surface area contributed by atoms with Gasteiger partial charge in [-0.05, 0) is 25.0 Å². The van der Waals surface area contributed by atoms with Crippen LogP contribution in [0.25, 0.3) is 0 Å². The van der Waals surface area contributed by atoms with Crippen LogP contribution in [0.15, 0.2) is 18.2 Å². The lowest BCUT2D eigenvalue weighted by Crippen LogP contribution is -2.40. The Balaban J connectivity index is 2.21. The molecule has 1 aromatic carbocycles. The molecule has 0 radical (unpaired) electrons. The summed E-state index contributed by atoms with van der Waals surface area (Å²) in [5.41, 5.74) is 1.52. The van der Waals surface area contributed by atoms with Crippen LogP contribution in [0, 0.1) is 6.92 Å². The van der Waals surface area contributed by atoms with Crippen molar-refractivity contribution in [1.29, 1.82) is 0 Å². The first-order valence-electron chi connectivity index (χ1n) is 6.69. The number of carbonyl (C=O) groups is 2. The smallest absolute Gasteiger partial charge is 0.220 e. The maximum absolute atomic E-state index is 12.4. The lowest BCUT2D eigenvalue weighted by Gasteiger charge is -2.14. The molecule has 1 atom stereocenters. The van der Waals surface area contributed by atoms with E-state index in [0.29, 0.717) is 30.8 Å². The molecule has 1 N–H and O–H groups in total. The van der Waals surface area contributed by atoms with Crippen molar-refractivity contribution >= 4 is 11.7 Å². The third kappa shape index (κ3) is 2.95. The van der Waals surface area contributed by atoms with Crippen LogP contribution < -0.4 is 10.1 Å². The summed E-state index contributed by atoms with van der Waals surface area (Å²) in [7, 11) is 0. The molecule has 0 spiro atoms. The second kappa shape index (κ2) is 5.87. The van der Waals surface area contributed by atoms with E-state index in [1.165, 1.54) is 0 Å². The number of amides is 1. The van der Waals surface area contributed by atoms with Crippen LogP contribution in [0.4, 0.5) is 0 Å². The van der Waals surface area contributed by atoms with Crippen LogP contribution >= 0.6 is 0 Å². The highest BCUT2D eigenvalue weighted by Crippen LogP contribution is 2.27. The maximum Gasteiger partial charge on any atom is 0.220 e. The summed E-state index contributed by atoms with van der Waals surface area (Å²) >= 11 is 0. The minimum atomic E-state index is -0.470. The number of carbonyl (C=O) groups excluding carboxylic acids is 2. The Morgan fingerprint density at radius 1 is 1.47 bits per heavy atom. The number of Topliss-reactive ketones (excluding diaryl/α,β-unsaturated/α-hetero) is 1. The number of hydrogen-bond donors (Lipinski definition) is 1. The molecule has 1 aliphatic heterocycles. The quantitative estimate of drug-likeness (QED) is 0.908. The molecule has 19 heavy (non-hydrogen) atoms. The zero-order chi connectivity index (χ0) is 13.8. The summed E-state index contributed by atoms with van der Waals surface area (Å²) in [5.74, 6) is 0.525. The number of benzene rings is 1. The van der Waals surface area contributed by atoms with Gasteiger partial charge in [-0.3, -0.25) is 9.59 Å². The van der Waals surface area contributed by atoms with Gasteiger partial charge in [0.1, 0.15) is 5.75 Å². The van der Waals surface area contributed by atoms with Crippen molar-refractivity contribution in [2.45, 2.75) is 39.2 Å². The van der Waals surface area contributed by atoms with Gasteiger partial charge in [0.05, 0.1) is 18.2 Å². The highest BCUT2D eigenvalue weighted by molar-refractivity contribution is 6.04. The third-order valence-electron chi connectivity index (χ3n) is 3.26. The molecule has 4 heteroatoms. The monoisotopic (exact) mass is 261 g/mol. The molecule has 0 aromatic heterocycles. The summed E-state index contributed by atoms with van der Waals surface area (Å²) in [6.45, 7) is 4.30. The fraction of sp³-hybridized carbons (Fsp3) is 0.467. The van der Waals surface area contributed by atoms with Gasteiger partial charge in [-0.2, -0.15) is 0 Å². The van der Waals surface area contributed by atoms with E-state index in [4.69, 9.17) is 4.74 Å². The number of hydrogen-bond acceptors (Lipinski definition) is 3. The lowest BCUT2D eigenvalue weighted by molar-refractivity contribution is -0.121. The molecule has 0 saturated carbocycles. The second-order valence-corrected chi connectivity index (χ2v) is 4.82. The van der Waals surface area contributed by atoms with Crippen molar-refractivity contribution in [1.82, 2.24) is 5.32 Å². The molecule has 102 valence electrons. The van der Waals surface area contributed by atoms with Gasteiger partial charge >= 0.3 is 0 Å². The van der Waals surface area contributed by atoms with Crippen molar-refractivity contribution in [3.8, 4) is 5.75 Å². The predicted octanol–water partition coefficient (Wildman–Crippen LogP) is 2.25. The number of aryl methyl sites for hydroxylation is 1. The first kappa shape index (κ1) is 13.6. The van der Waals surface area contributed by atoms with Crippen molar-refractivity contribution in [3.63, 3.8) is 0 Å². The fourth-order valence-corrected chi connectivity index (χ4v) is 2.27. The first-order valence-corrected chi connectivity index (χ1v) is 6.69. The van der Waals surface area contributed by atoms with Gasteiger partial charge in [0.25, 0.3) is 0 Å². The maximum atomic E-state index is 12.4. The number of rotatable bonds is 3. The lowest BCUT2D eigenvalue weighted by atomic mass is 10.00. The van der Waals surface area contributed by atoms with E-state index in [1.807, 2.05) is 26.0 Å². The van der Waals surface area contributed by atoms with Crippen molar-refractivity contribution in [2.75, 3.05) is 6.61 Å². The average molecular weight is 261 g/mol. The van der Waals surface area contributed by atoms with E-state index >= 15 is 0 Å². The van der Waals surface area contributed by atoms with Gasteiger partial charge in [0.2, 0.25) is 5.91 Å². The number of para-hydroxylation sites is 1. The molecule has 1 aromatic rings. The highest BCUT2D eigenvalue weighted by atomic mass is 16.5.